The smallest absolute Gasteiger partial charge is 0.0540 e. The summed E-state index contributed by atoms with van der Waals surface area (Å²) in [6, 6.07) is 113. The summed E-state index contributed by atoms with van der Waals surface area (Å²) in [6.07, 6.45) is 0. The molecule has 0 aliphatic carbocycles. The van der Waals surface area contributed by atoms with Gasteiger partial charge in [0.2, 0.25) is 0 Å². The number of nitrogens with zero attached hydrogens (tertiary/aromatic N) is 2. The largest absolute Gasteiger partial charge is 0.310 e. The van der Waals surface area contributed by atoms with Gasteiger partial charge in [0.05, 0.1) is 11.4 Å². The Morgan fingerprint density at radius 2 is 0.500 bits per heavy atom. The predicted molar refractivity (Wildman–Crippen MR) is 392 cm³/mol. The van der Waals surface area contributed by atoms with Crippen molar-refractivity contribution in [1.29, 1.82) is 0 Å². The molecular weight excluding hydrogens is 1130 g/mol. The van der Waals surface area contributed by atoms with Gasteiger partial charge in [-0.25, -0.2) is 0 Å². The van der Waals surface area contributed by atoms with Crippen molar-refractivity contribution in [3.05, 3.63) is 314 Å². The number of para-hydroxylation sites is 2. The van der Waals surface area contributed by atoms with E-state index in [4.69, 9.17) is 0 Å². The van der Waals surface area contributed by atoms with E-state index < -0.39 is 0 Å². The molecule has 0 bridgehead atoms. The third kappa shape index (κ3) is 8.37. The van der Waals surface area contributed by atoms with Crippen molar-refractivity contribution >= 4 is 162 Å². The van der Waals surface area contributed by atoms with Gasteiger partial charge in [0.15, 0.2) is 0 Å². The molecule has 16 aromatic carbocycles. The average Bonchev–Trinajstić information content (AvgIpc) is 1.16. The lowest BCUT2D eigenvalue weighted by atomic mass is 9.93. The van der Waals surface area contributed by atoms with Gasteiger partial charge in [-0.2, -0.15) is 0 Å². The van der Waals surface area contributed by atoms with Gasteiger partial charge in [0.25, 0.3) is 0 Å². The topological polar surface area (TPSA) is 6.48 Å². The second kappa shape index (κ2) is 20.9. The fraction of sp³-hybridized carbons (Fsp3) is 0.0233. The Labute approximate surface area is 529 Å². The molecule has 0 fully saturated rings. The lowest BCUT2D eigenvalue weighted by molar-refractivity contribution is 1.25. The molecule has 422 valence electrons. The van der Waals surface area contributed by atoms with Crippen LogP contribution in [0, 0.1) is 13.8 Å². The highest BCUT2D eigenvalue weighted by molar-refractivity contribution is 7.26. The van der Waals surface area contributed by atoms with E-state index in [9.17, 15) is 0 Å². The summed E-state index contributed by atoms with van der Waals surface area (Å²) in [5, 5.41) is 20.2. The number of thiophene rings is 2. The zero-order valence-electron chi connectivity index (χ0n) is 49.6. The summed E-state index contributed by atoms with van der Waals surface area (Å²) >= 11 is 3.73. The molecule has 0 radical (unpaired) electrons. The van der Waals surface area contributed by atoms with Crippen molar-refractivity contribution < 1.29 is 0 Å². The highest BCUT2D eigenvalue weighted by Gasteiger charge is 2.24. The van der Waals surface area contributed by atoms with Gasteiger partial charge in [-0.3, -0.25) is 0 Å². The highest BCUT2D eigenvalue weighted by atomic mass is 32.1. The van der Waals surface area contributed by atoms with E-state index in [-0.39, 0.29) is 0 Å². The van der Waals surface area contributed by atoms with Crippen LogP contribution in [0.5, 0.6) is 0 Å². The molecule has 18 rings (SSSR count). The Morgan fingerprint density at radius 3 is 0.878 bits per heavy atom. The number of hydrogen-bond acceptors (Lipinski definition) is 4. The Balaban J connectivity index is 0.795. The van der Waals surface area contributed by atoms with E-state index in [2.05, 4.69) is 327 Å². The number of fused-ring (bicyclic) bond motifs is 18. The first-order valence-electron chi connectivity index (χ1n) is 31.0. The number of aryl methyl sites for hydroxylation is 2. The molecule has 0 unspecified atom stereocenters. The van der Waals surface area contributed by atoms with E-state index in [1.165, 1.54) is 138 Å². The molecule has 0 N–H and O–H groups in total. The Bertz CT molecular complexity index is 5550. The molecule has 0 saturated carbocycles. The van der Waals surface area contributed by atoms with Crippen LogP contribution in [0.2, 0.25) is 0 Å². The predicted octanol–water partition coefficient (Wildman–Crippen LogP) is 25.9. The Kier molecular flexibility index (Phi) is 12.1. The van der Waals surface area contributed by atoms with Crippen LogP contribution >= 0.6 is 22.7 Å². The number of anilines is 6. The fourth-order valence-electron chi connectivity index (χ4n) is 14.7. The van der Waals surface area contributed by atoms with E-state index in [0.29, 0.717) is 0 Å². The molecule has 2 aromatic heterocycles. The minimum absolute atomic E-state index is 1.10. The molecule has 0 saturated heterocycles. The third-order valence-corrected chi connectivity index (χ3v) is 21.1. The van der Waals surface area contributed by atoms with E-state index in [0.717, 1.165) is 45.3 Å². The van der Waals surface area contributed by atoms with Crippen molar-refractivity contribution in [2.75, 3.05) is 9.80 Å². The molecule has 4 heteroatoms. The maximum absolute atomic E-state index is 2.51. The minimum atomic E-state index is 1.10. The quantitative estimate of drug-likeness (QED) is 0.133. The van der Waals surface area contributed by atoms with Gasteiger partial charge in [0.1, 0.15) is 0 Å². The lowest BCUT2D eigenvalue weighted by Gasteiger charge is -2.30. The average molecular weight is 1180 g/mol. The van der Waals surface area contributed by atoms with E-state index in [1.807, 2.05) is 22.7 Å². The van der Waals surface area contributed by atoms with Crippen LogP contribution in [0.3, 0.4) is 0 Å². The molecule has 0 aliphatic heterocycles. The van der Waals surface area contributed by atoms with Crippen LogP contribution in [0.4, 0.5) is 34.1 Å². The molecule has 18 aromatic rings. The third-order valence-electron chi connectivity index (χ3n) is 18.8. The fourth-order valence-corrected chi connectivity index (χ4v) is 16.8. The molecular formula is C86H56N2S2. The molecule has 0 amide bonds. The van der Waals surface area contributed by atoms with Crippen LogP contribution in [-0.4, -0.2) is 0 Å². The van der Waals surface area contributed by atoms with Gasteiger partial charge in [-0.1, -0.05) is 206 Å². The summed E-state index contributed by atoms with van der Waals surface area (Å²) in [6.45, 7) is 4.56. The SMILES string of the molecule is Cc1cc(-c2ccc(N(c3ccc4c5ccccc5c5ccccc5c4c3)c3ccccc3-c3ccc4sc5ccccc5c4c3)c(C)c2)ccc1N(c1ccc2c3ccccc3c3ccccc3c2c1)c1ccccc1-c1ccc2sc3ccccc3c2c1. The van der Waals surface area contributed by atoms with Crippen LogP contribution in [-0.2, 0) is 0 Å². The number of benzene rings is 16. The first-order chi connectivity index (χ1) is 44.5. The minimum Gasteiger partial charge on any atom is -0.310 e. The lowest BCUT2D eigenvalue weighted by Crippen LogP contribution is -2.13. The van der Waals surface area contributed by atoms with Gasteiger partial charge >= 0.3 is 0 Å². The monoisotopic (exact) mass is 1180 g/mol. The standard InChI is InChI=1S/C86H56N2S2/c1-53-47-55(35-43-79(53)87(59-39-41-71-67-25-5-3-21-63(67)65-23-7-9-27-69(65)75(71)51-59)81-31-15-11-19-61(81)57-37-45-85-77(49-57)73-29-13-17-33-83(73)89-85)56-36-44-80(54(2)48-56)88(60-40-42-72-68-26-6-4-22-64(68)66-24-8-10-28-70(66)76(72)52-60)82-32-16-12-20-62(82)58-38-46-86-78(50-58)74-30-14-18-34-84(74)90-86/h3-52H,1-2H3. The summed E-state index contributed by atoms with van der Waals surface area (Å²) in [5.41, 5.74) is 16.1. The van der Waals surface area contributed by atoms with E-state index in [1.54, 1.807) is 0 Å². The summed E-state index contributed by atoms with van der Waals surface area (Å²) in [7, 11) is 0. The van der Waals surface area contributed by atoms with Crippen LogP contribution in [0.15, 0.2) is 303 Å². The highest BCUT2D eigenvalue weighted by Crippen LogP contribution is 2.50. The number of rotatable bonds is 9. The molecule has 90 heavy (non-hydrogen) atoms. The van der Waals surface area contributed by atoms with Crippen LogP contribution < -0.4 is 9.80 Å². The number of hydrogen-bond donors (Lipinski definition) is 0. The van der Waals surface area contributed by atoms with Crippen molar-refractivity contribution in [3.8, 4) is 33.4 Å². The second-order valence-electron chi connectivity index (χ2n) is 24.0. The summed E-state index contributed by atoms with van der Waals surface area (Å²) in [4.78, 5) is 5.01. The van der Waals surface area contributed by atoms with Crippen molar-refractivity contribution in [1.82, 2.24) is 0 Å². The summed E-state index contributed by atoms with van der Waals surface area (Å²) < 4.78 is 5.21. The van der Waals surface area contributed by atoms with Crippen LogP contribution in [0.25, 0.3) is 138 Å². The van der Waals surface area contributed by atoms with Gasteiger partial charge in [-0.05, 0) is 209 Å². The first-order valence-corrected chi connectivity index (χ1v) is 32.6. The normalized spacial score (nSPS) is 11.9. The molecule has 2 nitrogen and oxygen atoms in total. The van der Waals surface area contributed by atoms with Gasteiger partial charge < -0.3 is 9.80 Å². The van der Waals surface area contributed by atoms with Crippen molar-refractivity contribution in [3.63, 3.8) is 0 Å². The van der Waals surface area contributed by atoms with Gasteiger partial charge in [-0.15, -0.1) is 22.7 Å². The maximum atomic E-state index is 2.51. The first kappa shape index (κ1) is 52.3. The van der Waals surface area contributed by atoms with Crippen molar-refractivity contribution in [2.45, 2.75) is 13.8 Å². The molecule has 2 heterocycles. The Morgan fingerprint density at radius 1 is 0.200 bits per heavy atom. The maximum Gasteiger partial charge on any atom is 0.0540 e. The Hall–Kier alpha value is -10.9. The second-order valence-corrected chi connectivity index (χ2v) is 26.1. The molecule has 0 atom stereocenters. The summed E-state index contributed by atoms with van der Waals surface area (Å²) in [5.74, 6) is 0. The van der Waals surface area contributed by atoms with E-state index >= 15 is 0 Å². The zero-order valence-corrected chi connectivity index (χ0v) is 51.2. The molecule has 0 aliphatic rings. The van der Waals surface area contributed by atoms with Crippen LogP contribution in [0.1, 0.15) is 11.1 Å². The molecule has 0 spiro atoms. The van der Waals surface area contributed by atoms with Gasteiger partial charge in [0, 0.05) is 74.2 Å². The zero-order chi connectivity index (χ0) is 59.6. The van der Waals surface area contributed by atoms with Crippen molar-refractivity contribution in [2.24, 2.45) is 0 Å².